The largest absolute Gasteiger partial charge is 0.306 e. The Morgan fingerprint density at radius 1 is 1.00 bits per heavy atom. The average molecular weight is 281 g/mol. The highest BCUT2D eigenvalue weighted by molar-refractivity contribution is 7.10. The topological polar surface area (TPSA) is 37.8 Å². The monoisotopic (exact) mass is 281 g/mol. The van der Waals surface area contributed by atoms with Crippen molar-refractivity contribution in [1.29, 1.82) is 0 Å². The summed E-state index contributed by atoms with van der Waals surface area (Å²) in [6.45, 7) is 1.63. The smallest absolute Gasteiger partial charge is 0.115 e. The van der Waals surface area contributed by atoms with Crippen molar-refractivity contribution in [3.05, 3.63) is 70.9 Å². The predicted octanol–water partition coefficient (Wildman–Crippen LogP) is 3.49. The second kappa shape index (κ2) is 6.41. The van der Waals surface area contributed by atoms with E-state index in [0.717, 1.165) is 18.8 Å². The Labute approximate surface area is 122 Å². The quantitative estimate of drug-likeness (QED) is 0.778. The molecule has 3 aromatic rings. The summed E-state index contributed by atoms with van der Waals surface area (Å²) in [7, 11) is 0. The number of nitrogens with one attached hydrogen (secondary N) is 1. The molecule has 0 unspecified atom stereocenters. The molecule has 100 valence electrons. The Morgan fingerprint density at radius 2 is 1.90 bits per heavy atom. The number of rotatable bonds is 5. The highest BCUT2D eigenvalue weighted by atomic mass is 32.1. The summed E-state index contributed by atoms with van der Waals surface area (Å²) in [5.74, 6) is 0. The zero-order chi connectivity index (χ0) is 13.6. The fourth-order valence-corrected chi connectivity index (χ4v) is 2.85. The van der Waals surface area contributed by atoms with Gasteiger partial charge >= 0.3 is 0 Å². The molecule has 0 aliphatic heterocycles. The molecular weight excluding hydrogens is 266 g/mol. The molecule has 0 saturated heterocycles. The first-order chi connectivity index (χ1) is 9.92. The van der Waals surface area contributed by atoms with Gasteiger partial charge < -0.3 is 5.32 Å². The van der Waals surface area contributed by atoms with E-state index >= 15 is 0 Å². The second-order valence-electron chi connectivity index (χ2n) is 4.47. The highest BCUT2D eigenvalue weighted by Gasteiger charge is 2.02. The van der Waals surface area contributed by atoms with Crippen LogP contribution in [0.15, 0.2) is 60.4 Å². The average Bonchev–Trinajstić information content (AvgIpc) is 2.98. The van der Waals surface area contributed by atoms with Crippen molar-refractivity contribution in [1.82, 2.24) is 15.3 Å². The van der Waals surface area contributed by atoms with E-state index < -0.39 is 0 Å². The van der Waals surface area contributed by atoms with Crippen LogP contribution >= 0.6 is 11.3 Å². The van der Waals surface area contributed by atoms with E-state index in [1.807, 2.05) is 12.1 Å². The van der Waals surface area contributed by atoms with E-state index in [-0.39, 0.29) is 0 Å². The fourth-order valence-electron chi connectivity index (χ4n) is 1.99. The fraction of sp³-hybridized carbons (Fsp3) is 0.125. The summed E-state index contributed by atoms with van der Waals surface area (Å²) in [6, 6.07) is 14.6. The van der Waals surface area contributed by atoms with Gasteiger partial charge in [-0.3, -0.25) is 0 Å². The minimum Gasteiger partial charge on any atom is -0.306 e. The van der Waals surface area contributed by atoms with E-state index in [1.165, 1.54) is 16.0 Å². The van der Waals surface area contributed by atoms with Crippen molar-refractivity contribution >= 4 is 11.3 Å². The Bertz CT molecular complexity index is 650. The highest BCUT2D eigenvalue weighted by Crippen LogP contribution is 2.25. The number of nitrogens with zero attached hydrogens (tertiary/aromatic N) is 2. The molecule has 0 bridgehead atoms. The van der Waals surface area contributed by atoms with Crippen molar-refractivity contribution in [2.24, 2.45) is 0 Å². The van der Waals surface area contributed by atoms with Crippen LogP contribution in [0.1, 0.15) is 10.6 Å². The van der Waals surface area contributed by atoms with Crippen LogP contribution in [-0.2, 0) is 13.1 Å². The predicted molar refractivity (Wildman–Crippen MR) is 82.3 cm³/mol. The zero-order valence-corrected chi connectivity index (χ0v) is 11.8. The van der Waals surface area contributed by atoms with Gasteiger partial charge in [0.2, 0.25) is 0 Å². The summed E-state index contributed by atoms with van der Waals surface area (Å²) in [5.41, 5.74) is 3.57. The van der Waals surface area contributed by atoms with Crippen molar-refractivity contribution < 1.29 is 0 Å². The van der Waals surface area contributed by atoms with Gasteiger partial charge in [-0.1, -0.05) is 30.3 Å². The zero-order valence-electron chi connectivity index (χ0n) is 11.0. The minimum absolute atomic E-state index is 0.765. The van der Waals surface area contributed by atoms with Crippen LogP contribution in [-0.4, -0.2) is 9.97 Å². The van der Waals surface area contributed by atoms with Crippen molar-refractivity contribution in [2.45, 2.75) is 13.1 Å². The maximum Gasteiger partial charge on any atom is 0.115 e. The van der Waals surface area contributed by atoms with Gasteiger partial charge in [0.15, 0.2) is 0 Å². The molecule has 0 spiro atoms. The van der Waals surface area contributed by atoms with E-state index in [1.54, 1.807) is 23.9 Å². The summed E-state index contributed by atoms with van der Waals surface area (Å²) < 4.78 is 0. The first-order valence-corrected chi connectivity index (χ1v) is 7.38. The van der Waals surface area contributed by atoms with E-state index in [0.29, 0.717) is 0 Å². The molecule has 0 aliphatic rings. The van der Waals surface area contributed by atoms with Gasteiger partial charge in [0.25, 0.3) is 0 Å². The molecule has 20 heavy (non-hydrogen) atoms. The van der Waals surface area contributed by atoms with Gasteiger partial charge in [0, 0.05) is 24.2 Å². The Hall–Kier alpha value is -2.04. The molecule has 0 atom stereocenters. The summed E-state index contributed by atoms with van der Waals surface area (Å²) in [4.78, 5) is 9.44. The maximum atomic E-state index is 4.19. The van der Waals surface area contributed by atoms with Crippen LogP contribution in [0.25, 0.3) is 11.1 Å². The summed E-state index contributed by atoms with van der Waals surface area (Å²) in [5, 5.41) is 5.61. The van der Waals surface area contributed by atoms with Crippen LogP contribution in [0, 0.1) is 0 Å². The molecule has 0 radical (unpaired) electrons. The van der Waals surface area contributed by atoms with Gasteiger partial charge in [0.1, 0.15) is 6.33 Å². The van der Waals surface area contributed by atoms with Crippen LogP contribution in [0.5, 0.6) is 0 Å². The number of thiophene rings is 1. The van der Waals surface area contributed by atoms with Crippen molar-refractivity contribution in [3.8, 4) is 11.1 Å². The lowest BCUT2D eigenvalue weighted by molar-refractivity contribution is 0.684. The van der Waals surface area contributed by atoms with Gasteiger partial charge in [-0.2, -0.15) is 0 Å². The Kier molecular flexibility index (Phi) is 4.16. The molecule has 0 aliphatic carbocycles. The van der Waals surface area contributed by atoms with Crippen molar-refractivity contribution in [3.63, 3.8) is 0 Å². The number of benzene rings is 1. The molecule has 0 amide bonds. The molecule has 1 aromatic carbocycles. The molecule has 3 rings (SSSR count). The molecule has 2 aromatic heterocycles. The van der Waals surface area contributed by atoms with E-state index in [2.05, 4.69) is 51.0 Å². The molecule has 0 fully saturated rings. The lowest BCUT2D eigenvalue weighted by Gasteiger charge is -2.01. The van der Waals surface area contributed by atoms with Gasteiger partial charge in [-0.25, -0.2) is 9.97 Å². The standard InChI is InChI=1S/C16H15N3S/c1-2-4-13(5-3-1)14-8-16(20-11-14)10-18-9-15-6-7-17-12-19-15/h1-8,11-12,18H,9-10H2. The number of aromatic nitrogens is 2. The summed E-state index contributed by atoms with van der Waals surface area (Å²) in [6.07, 6.45) is 3.35. The van der Waals surface area contributed by atoms with Gasteiger partial charge in [0.05, 0.1) is 5.69 Å². The molecule has 0 saturated carbocycles. The number of hydrogen-bond acceptors (Lipinski definition) is 4. The van der Waals surface area contributed by atoms with Crippen LogP contribution in [0.2, 0.25) is 0 Å². The third-order valence-electron chi connectivity index (χ3n) is 3.01. The lowest BCUT2D eigenvalue weighted by Crippen LogP contribution is -2.12. The third kappa shape index (κ3) is 3.29. The first kappa shape index (κ1) is 13.0. The van der Waals surface area contributed by atoms with E-state index in [9.17, 15) is 0 Å². The SMILES string of the molecule is c1ccc(-c2csc(CNCc3ccncn3)c2)cc1. The van der Waals surface area contributed by atoms with Crippen LogP contribution in [0.3, 0.4) is 0 Å². The van der Waals surface area contributed by atoms with Crippen LogP contribution < -0.4 is 5.32 Å². The normalized spacial score (nSPS) is 10.6. The Balaban J connectivity index is 1.58. The van der Waals surface area contributed by atoms with Crippen LogP contribution in [0.4, 0.5) is 0 Å². The maximum absolute atomic E-state index is 4.19. The molecule has 2 heterocycles. The second-order valence-corrected chi connectivity index (χ2v) is 5.47. The molecule has 1 N–H and O–H groups in total. The summed E-state index contributed by atoms with van der Waals surface area (Å²) >= 11 is 1.78. The lowest BCUT2D eigenvalue weighted by atomic mass is 10.1. The minimum atomic E-state index is 0.765. The molecule has 4 heteroatoms. The third-order valence-corrected chi connectivity index (χ3v) is 3.95. The van der Waals surface area contributed by atoms with Gasteiger partial charge in [-0.15, -0.1) is 11.3 Å². The first-order valence-electron chi connectivity index (χ1n) is 6.50. The number of hydrogen-bond donors (Lipinski definition) is 1. The van der Waals surface area contributed by atoms with E-state index in [4.69, 9.17) is 0 Å². The molecular formula is C16H15N3S. The van der Waals surface area contributed by atoms with Crippen molar-refractivity contribution in [2.75, 3.05) is 0 Å². The Morgan fingerprint density at radius 3 is 2.70 bits per heavy atom. The van der Waals surface area contributed by atoms with Gasteiger partial charge in [-0.05, 0) is 28.6 Å². The molecule has 3 nitrogen and oxygen atoms in total.